The number of aromatic nitrogens is 2. The first-order valence-corrected chi connectivity index (χ1v) is 14.0. The number of anilines is 1. The number of aryl methyl sites for hydroxylation is 1. The van der Waals surface area contributed by atoms with E-state index >= 15 is 0 Å². The Kier molecular flexibility index (Phi) is 10.7. The average Bonchev–Trinajstić information content (AvgIpc) is 3.30. The molecule has 1 unspecified atom stereocenters. The van der Waals surface area contributed by atoms with Crippen LogP contribution in [0.25, 0.3) is 5.69 Å². The fourth-order valence-electron chi connectivity index (χ4n) is 4.43. The van der Waals surface area contributed by atoms with Crippen molar-refractivity contribution in [1.29, 1.82) is 0 Å². The summed E-state index contributed by atoms with van der Waals surface area (Å²) in [7, 11) is 0. The molecule has 2 amide bonds. The minimum Gasteiger partial charge on any atom is -0.344 e. The zero-order chi connectivity index (χ0) is 27.5. The highest BCUT2D eigenvalue weighted by molar-refractivity contribution is 5.97. The van der Waals surface area contributed by atoms with Crippen molar-refractivity contribution in [3.05, 3.63) is 77.5 Å². The van der Waals surface area contributed by atoms with Crippen molar-refractivity contribution in [1.82, 2.24) is 15.1 Å². The maximum Gasteiger partial charge on any atom is 0.248 e. The average molecular weight is 517 g/mol. The van der Waals surface area contributed by atoms with Crippen LogP contribution in [0.5, 0.6) is 0 Å². The zero-order valence-corrected chi connectivity index (χ0v) is 23.7. The number of carbonyl (C=O) groups is 2. The summed E-state index contributed by atoms with van der Waals surface area (Å²) in [6.45, 7) is 10.5. The van der Waals surface area contributed by atoms with Crippen LogP contribution < -0.4 is 10.6 Å². The molecule has 1 atom stereocenters. The number of carbonyl (C=O) groups excluding carboxylic acids is 2. The largest absolute Gasteiger partial charge is 0.344 e. The predicted molar refractivity (Wildman–Crippen MR) is 156 cm³/mol. The first-order valence-electron chi connectivity index (χ1n) is 14.0. The summed E-state index contributed by atoms with van der Waals surface area (Å²) in [5, 5.41) is 11.0. The molecule has 38 heavy (non-hydrogen) atoms. The maximum absolute atomic E-state index is 13.7. The van der Waals surface area contributed by atoms with E-state index in [2.05, 4.69) is 38.3 Å². The van der Waals surface area contributed by atoms with Crippen LogP contribution in [-0.2, 0) is 21.4 Å². The second-order valence-corrected chi connectivity index (χ2v) is 11.2. The summed E-state index contributed by atoms with van der Waals surface area (Å²) in [5.74, 6) is 0.261. The van der Waals surface area contributed by atoms with Crippen molar-refractivity contribution >= 4 is 17.6 Å². The summed E-state index contributed by atoms with van der Waals surface area (Å²) < 4.78 is 1.80. The Bertz CT molecular complexity index is 1180. The van der Waals surface area contributed by atoms with Crippen molar-refractivity contribution in [2.45, 2.75) is 97.4 Å². The third kappa shape index (κ3) is 8.57. The molecule has 2 aromatic carbocycles. The van der Waals surface area contributed by atoms with Gasteiger partial charge >= 0.3 is 0 Å². The second kappa shape index (κ2) is 13.9. The molecule has 0 saturated carbocycles. The molecule has 0 fully saturated rings. The lowest BCUT2D eigenvalue weighted by molar-refractivity contribution is -0.126. The monoisotopic (exact) mass is 516 g/mol. The quantitative estimate of drug-likeness (QED) is 0.243. The minimum absolute atomic E-state index is 0.0839. The van der Waals surface area contributed by atoms with Gasteiger partial charge in [0, 0.05) is 24.3 Å². The van der Waals surface area contributed by atoms with Crippen LogP contribution in [0.3, 0.4) is 0 Å². The van der Waals surface area contributed by atoms with Crippen molar-refractivity contribution < 1.29 is 9.59 Å². The fraction of sp³-hybridized carbons (Fsp3) is 0.469. The van der Waals surface area contributed by atoms with E-state index < -0.39 is 6.04 Å². The van der Waals surface area contributed by atoms with Crippen molar-refractivity contribution in [3.63, 3.8) is 0 Å². The number of rotatable bonds is 13. The third-order valence-corrected chi connectivity index (χ3v) is 6.76. The van der Waals surface area contributed by atoms with Gasteiger partial charge in [-0.3, -0.25) is 9.59 Å². The highest BCUT2D eigenvalue weighted by atomic mass is 16.2. The van der Waals surface area contributed by atoms with E-state index in [1.807, 2.05) is 67.6 Å². The van der Waals surface area contributed by atoms with Crippen LogP contribution in [0.2, 0.25) is 0 Å². The van der Waals surface area contributed by atoms with E-state index in [0.29, 0.717) is 18.7 Å². The molecule has 0 aliphatic carbocycles. The van der Waals surface area contributed by atoms with Gasteiger partial charge in [0.15, 0.2) is 0 Å². The van der Waals surface area contributed by atoms with Gasteiger partial charge in [-0.25, -0.2) is 4.68 Å². The summed E-state index contributed by atoms with van der Waals surface area (Å²) >= 11 is 0. The highest BCUT2D eigenvalue weighted by Gasteiger charge is 2.26. The van der Waals surface area contributed by atoms with Crippen molar-refractivity contribution in [2.75, 3.05) is 5.32 Å². The molecule has 0 aliphatic heterocycles. The minimum atomic E-state index is -0.691. The lowest BCUT2D eigenvalue weighted by Crippen LogP contribution is -2.45. The van der Waals surface area contributed by atoms with Gasteiger partial charge in [0.05, 0.1) is 11.4 Å². The molecule has 2 N–H and O–H groups in total. The topological polar surface area (TPSA) is 76.0 Å². The first kappa shape index (κ1) is 29.2. The van der Waals surface area contributed by atoms with E-state index in [-0.39, 0.29) is 17.2 Å². The molecule has 0 bridgehead atoms. The van der Waals surface area contributed by atoms with Gasteiger partial charge in [-0.15, -0.1) is 0 Å². The molecule has 1 aromatic heterocycles. The molecule has 0 aliphatic rings. The Morgan fingerprint density at radius 1 is 0.921 bits per heavy atom. The van der Waals surface area contributed by atoms with Crippen LogP contribution in [0.4, 0.5) is 5.82 Å². The number of para-hydroxylation sites is 1. The van der Waals surface area contributed by atoms with Crippen LogP contribution >= 0.6 is 0 Å². The lowest BCUT2D eigenvalue weighted by atomic mass is 9.92. The predicted octanol–water partition coefficient (Wildman–Crippen LogP) is 6.89. The van der Waals surface area contributed by atoms with Gasteiger partial charge in [-0.1, -0.05) is 108 Å². The van der Waals surface area contributed by atoms with Gasteiger partial charge in [0.2, 0.25) is 11.8 Å². The van der Waals surface area contributed by atoms with Crippen molar-refractivity contribution in [2.24, 2.45) is 0 Å². The summed E-state index contributed by atoms with van der Waals surface area (Å²) in [4.78, 5) is 26.5. The fourth-order valence-corrected chi connectivity index (χ4v) is 4.43. The molecule has 6 nitrogen and oxygen atoms in total. The highest BCUT2D eigenvalue weighted by Crippen LogP contribution is 2.27. The number of hydrogen-bond donors (Lipinski definition) is 2. The van der Waals surface area contributed by atoms with Crippen LogP contribution in [-0.4, -0.2) is 27.6 Å². The number of hydrogen-bond acceptors (Lipinski definition) is 3. The summed E-state index contributed by atoms with van der Waals surface area (Å²) in [6, 6.07) is 19.0. The first-order chi connectivity index (χ1) is 18.2. The lowest BCUT2D eigenvalue weighted by Gasteiger charge is -2.19. The summed E-state index contributed by atoms with van der Waals surface area (Å²) in [5.41, 5.74) is 3.64. The van der Waals surface area contributed by atoms with Gasteiger partial charge in [0.25, 0.3) is 0 Å². The van der Waals surface area contributed by atoms with Gasteiger partial charge in [-0.2, -0.15) is 5.10 Å². The molecule has 0 saturated heterocycles. The second-order valence-electron chi connectivity index (χ2n) is 11.2. The van der Waals surface area contributed by atoms with E-state index in [4.69, 9.17) is 5.10 Å². The molecule has 204 valence electrons. The Morgan fingerprint density at radius 2 is 1.58 bits per heavy atom. The van der Waals surface area contributed by atoms with Gasteiger partial charge in [0.1, 0.15) is 11.9 Å². The standard InChI is InChI=1S/C32H44N4O2/c1-6-7-8-9-10-14-21-30(37)33-26(22-25-18-12-11-13-19-25)31(38)34-29-23-28(32(3,4)5)35-36(29)27-20-16-15-17-24(27)2/h11-13,15-20,23,26H,6-10,14,21-22H2,1-5H3,(H,33,37)(H,34,38). The molecule has 3 rings (SSSR count). The molecule has 0 spiro atoms. The van der Waals surface area contributed by atoms with Crippen LogP contribution in [0, 0.1) is 6.92 Å². The number of unbranched alkanes of at least 4 members (excludes halogenated alkanes) is 5. The summed E-state index contributed by atoms with van der Waals surface area (Å²) in [6.07, 6.45) is 7.52. The molecule has 0 radical (unpaired) electrons. The number of benzene rings is 2. The van der Waals surface area contributed by atoms with Crippen LogP contribution in [0.15, 0.2) is 60.7 Å². The molecular weight excluding hydrogens is 472 g/mol. The van der Waals surface area contributed by atoms with E-state index in [1.165, 1.54) is 19.3 Å². The smallest absolute Gasteiger partial charge is 0.248 e. The molecule has 6 heteroatoms. The Labute approximate surface area is 228 Å². The third-order valence-electron chi connectivity index (χ3n) is 6.76. The van der Waals surface area contributed by atoms with E-state index in [0.717, 1.165) is 41.8 Å². The van der Waals surface area contributed by atoms with Gasteiger partial charge < -0.3 is 10.6 Å². The zero-order valence-electron chi connectivity index (χ0n) is 23.7. The Balaban J connectivity index is 1.79. The molecule has 3 aromatic rings. The number of amides is 2. The van der Waals surface area contributed by atoms with E-state index in [9.17, 15) is 9.59 Å². The van der Waals surface area contributed by atoms with Gasteiger partial charge in [-0.05, 0) is 30.5 Å². The number of nitrogens with zero attached hydrogens (tertiary/aromatic N) is 2. The van der Waals surface area contributed by atoms with Crippen molar-refractivity contribution in [3.8, 4) is 5.69 Å². The Hall–Kier alpha value is -3.41. The molecular formula is C32H44N4O2. The normalized spacial score (nSPS) is 12.2. The number of nitrogens with one attached hydrogen (secondary N) is 2. The maximum atomic E-state index is 13.7. The Morgan fingerprint density at radius 3 is 2.26 bits per heavy atom. The molecule has 1 heterocycles. The SMILES string of the molecule is CCCCCCCCC(=O)NC(Cc1ccccc1)C(=O)Nc1cc(C(C)(C)C)nn1-c1ccccc1C. The van der Waals surface area contributed by atoms with E-state index in [1.54, 1.807) is 4.68 Å². The van der Waals surface area contributed by atoms with Crippen LogP contribution in [0.1, 0.15) is 89.5 Å².